The van der Waals surface area contributed by atoms with Gasteiger partial charge in [-0.1, -0.05) is 30.7 Å². The van der Waals surface area contributed by atoms with E-state index in [0.717, 1.165) is 17.8 Å². The van der Waals surface area contributed by atoms with E-state index < -0.39 is 0 Å². The van der Waals surface area contributed by atoms with Gasteiger partial charge in [0.2, 0.25) is 0 Å². The fourth-order valence-electron chi connectivity index (χ4n) is 2.42. The number of hydrogen-bond acceptors (Lipinski definition) is 3. The Balaban J connectivity index is 2.05. The van der Waals surface area contributed by atoms with E-state index >= 15 is 0 Å². The number of nitrogens with zero attached hydrogens (tertiary/aromatic N) is 3. The van der Waals surface area contributed by atoms with E-state index in [4.69, 9.17) is 11.6 Å². The summed E-state index contributed by atoms with van der Waals surface area (Å²) in [5.41, 5.74) is 2.74. The number of pyridine rings is 1. The van der Waals surface area contributed by atoms with Crippen molar-refractivity contribution < 1.29 is 4.79 Å². The first kappa shape index (κ1) is 15.5. The van der Waals surface area contributed by atoms with Crippen LogP contribution in [0.2, 0.25) is 5.02 Å². The fourth-order valence-corrected chi connectivity index (χ4v) is 2.64. The number of carbonyl (C=O) groups excluding carboxylic acids is 1. The number of hydrogen-bond donors (Lipinski definition) is 1. The quantitative estimate of drug-likeness (QED) is 0.798. The van der Waals surface area contributed by atoms with Crippen LogP contribution in [0.4, 0.5) is 0 Å². The smallest absolute Gasteiger partial charge is 0.252 e. The van der Waals surface area contributed by atoms with E-state index in [0.29, 0.717) is 28.3 Å². The summed E-state index contributed by atoms with van der Waals surface area (Å²) in [6.07, 6.45) is 2.47. The molecule has 0 radical (unpaired) electrons. The zero-order valence-corrected chi connectivity index (χ0v) is 13.8. The minimum absolute atomic E-state index is 0.133. The molecule has 23 heavy (non-hydrogen) atoms. The van der Waals surface area contributed by atoms with E-state index in [9.17, 15) is 4.79 Å². The van der Waals surface area contributed by atoms with Crippen molar-refractivity contribution in [2.75, 3.05) is 6.54 Å². The topological polar surface area (TPSA) is 59.8 Å². The third-order valence-corrected chi connectivity index (χ3v) is 3.95. The molecule has 0 saturated heterocycles. The SMILES string of the molecule is CCCNC(=O)c1cnc2c(c1)nc(-c1ccccc1Cl)n2C. The summed E-state index contributed by atoms with van der Waals surface area (Å²) in [6.45, 7) is 2.65. The van der Waals surface area contributed by atoms with Crippen molar-refractivity contribution in [1.82, 2.24) is 19.9 Å². The summed E-state index contributed by atoms with van der Waals surface area (Å²) >= 11 is 6.26. The lowest BCUT2D eigenvalue weighted by Gasteiger charge is -2.04. The first-order valence-corrected chi connectivity index (χ1v) is 7.85. The summed E-state index contributed by atoms with van der Waals surface area (Å²) in [7, 11) is 1.89. The van der Waals surface area contributed by atoms with Crippen LogP contribution in [0, 0.1) is 0 Å². The number of aryl methyl sites for hydroxylation is 1. The van der Waals surface area contributed by atoms with E-state index in [2.05, 4.69) is 15.3 Å². The minimum Gasteiger partial charge on any atom is -0.352 e. The van der Waals surface area contributed by atoms with E-state index in [-0.39, 0.29) is 5.91 Å². The molecule has 0 saturated carbocycles. The lowest BCUT2D eigenvalue weighted by atomic mass is 10.2. The maximum Gasteiger partial charge on any atom is 0.252 e. The highest BCUT2D eigenvalue weighted by Gasteiger charge is 2.15. The summed E-state index contributed by atoms with van der Waals surface area (Å²) in [6, 6.07) is 9.29. The largest absolute Gasteiger partial charge is 0.352 e. The van der Waals surface area contributed by atoms with Gasteiger partial charge in [-0.05, 0) is 24.6 Å². The molecule has 0 spiro atoms. The number of fused-ring (bicyclic) bond motifs is 1. The van der Waals surface area contributed by atoms with Crippen molar-refractivity contribution in [3.8, 4) is 11.4 Å². The van der Waals surface area contributed by atoms with Gasteiger partial charge in [0, 0.05) is 25.4 Å². The fraction of sp³-hybridized carbons (Fsp3) is 0.235. The van der Waals surface area contributed by atoms with Crippen LogP contribution >= 0.6 is 11.6 Å². The molecule has 0 atom stereocenters. The van der Waals surface area contributed by atoms with Crippen molar-refractivity contribution in [3.05, 3.63) is 47.1 Å². The second-order valence-corrected chi connectivity index (χ2v) is 5.70. The Morgan fingerprint density at radius 2 is 2.13 bits per heavy atom. The molecule has 3 aromatic rings. The molecule has 0 bridgehead atoms. The van der Waals surface area contributed by atoms with Gasteiger partial charge in [-0.25, -0.2) is 9.97 Å². The predicted octanol–water partition coefficient (Wildman–Crippen LogP) is 3.43. The third kappa shape index (κ3) is 2.92. The molecule has 0 aliphatic heterocycles. The second-order valence-electron chi connectivity index (χ2n) is 5.30. The highest BCUT2D eigenvalue weighted by molar-refractivity contribution is 6.33. The summed E-state index contributed by atoms with van der Waals surface area (Å²) in [5.74, 6) is 0.593. The van der Waals surface area contributed by atoms with Gasteiger partial charge in [0.15, 0.2) is 5.65 Å². The van der Waals surface area contributed by atoms with Crippen LogP contribution in [0.25, 0.3) is 22.6 Å². The van der Waals surface area contributed by atoms with Crippen LogP contribution in [0.5, 0.6) is 0 Å². The monoisotopic (exact) mass is 328 g/mol. The Kier molecular flexibility index (Phi) is 4.30. The van der Waals surface area contributed by atoms with E-state index in [1.807, 2.05) is 42.8 Å². The van der Waals surface area contributed by atoms with Gasteiger partial charge in [-0.3, -0.25) is 4.79 Å². The number of amides is 1. The van der Waals surface area contributed by atoms with Crippen LogP contribution in [-0.4, -0.2) is 27.0 Å². The van der Waals surface area contributed by atoms with Crippen molar-refractivity contribution in [3.63, 3.8) is 0 Å². The number of nitrogens with one attached hydrogen (secondary N) is 1. The predicted molar refractivity (Wildman–Crippen MR) is 91.6 cm³/mol. The lowest BCUT2D eigenvalue weighted by molar-refractivity contribution is 0.0953. The average Bonchev–Trinajstić information content (AvgIpc) is 2.89. The number of aromatic nitrogens is 3. The normalized spacial score (nSPS) is 10.9. The van der Waals surface area contributed by atoms with Crippen LogP contribution in [-0.2, 0) is 7.05 Å². The Labute approximate surface area is 139 Å². The number of rotatable bonds is 4. The molecule has 5 nitrogen and oxygen atoms in total. The van der Waals surface area contributed by atoms with Gasteiger partial charge in [0.05, 0.1) is 10.6 Å². The highest BCUT2D eigenvalue weighted by Crippen LogP contribution is 2.28. The molecule has 1 N–H and O–H groups in total. The zero-order chi connectivity index (χ0) is 16.4. The van der Waals surface area contributed by atoms with Crippen LogP contribution < -0.4 is 5.32 Å². The van der Waals surface area contributed by atoms with Crippen molar-refractivity contribution in [2.45, 2.75) is 13.3 Å². The number of halogens is 1. The van der Waals surface area contributed by atoms with Gasteiger partial charge >= 0.3 is 0 Å². The van der Waals surface area contributed by atoms with Gasteiger partial charge in [-0.2, -0.15) is 0 Å². The maximum atomic E-state index is 12.1. The molecule has 2 aromatic heterocycles. The Morgan fingerprint density at radius 3 is 2.87 bits per heavy atom. The second kappa shape index (κ2) is 6.38. The average molecular weight is 329 g/mol. The molecule has 6 heteroatoms. The number of imidazole rings is 1. The molecule has 0 fully saturated rings. The van der Waals surface area contributed by atoms with Crippen molar-refractivity contribution in [1.29, 1.82) is 0 Å². The van der Waals surface area contributed by atoms with Gasteiger partial charge in [0.1, 0.15) is 11.3 Å². The Morgan fingerprint density at radius 1 is 1.35 bits per heavy atom. The first-order chi connectivity index (χ1) is 11.1. The lowest BCUT2D eigenvalue weighted by Crippen LogP contribution is -2.24. The molecule has 118 valence electrons. The van der Waals surface area contributed by atoms with Gasteiger partial charge in [-0.15, -0.1) is 0 Å². The Hall–Kier alpha value is -2.40. The molecule has 0 aliphatic rings. The van der Waals surface area contributed by atoms with Crippen molar-refractivity contribution in [2.24, 2.45) is 7.05 Å². The standard InChI is InChI=1S/C17H17ClN4O/c1-3-8-19-17(23)11-9-14-16(20-10-11)22(2)15(21-14)12-6-4-5-7-13(12)18/h4-7,9-10H,3,8H2,1-2H3,(H,19,23). The molecule has 1 amide bonds. The molecule has 0 unspecified atom stereocenters. The maximum absolute atomic E-state index is 12.1. The summed E-state index contributed by atoms with van der Waals surface area (Å²) in [4.78, 5) is 21.0. The third-order valence-electron chi connectivity index (χ3n) is 3.62. The molecule has 1 aromatic carbocycles. The zero-order valence-electron chi connectivity index (χ0n) is 13.0. The van der Waals surface area contributed by atoms with Crippen LogP contribution in [0.1, 0.15) is 23.7 Å². The molecular formula is C17H17ClN4O. The Bertz CT molecular complexity index is 872. The summed E-state index contributed by atoms with van der Waals surface area (Å²) in [5, 5.41) is 3.47. The van der Waals surface area contributed by atoms with Crippen LogP contribution in [0.3, 0.4) is 0 Å². The molecular weight excluding hydrogens is 312 g/mol. The van der Waals surface area contributed by atoms with E-state index in [1.165, 1.54) is 0 Å². The first-order valence-electron chi connectivity index (χ1n) is 7.47. The molecule has 0 aliphatic carbocycles. The van der Waals surface area contributed by atoms with Gasteiger partial charge < -0.3 is 9.88 Å². The minimum atomic E-state index is -0.133. The summed E-state index contributed by atoms with van der Waals surface area (Å²) < 4.78 is 1.88. The highest BCUT2D eigenvalue weighted by atomic mass is 35.5. The van der Waals surface area contributed by atoms with Gasteiger partial charge in [0.25, 0.3) is 5.91 Å². The van der Waals surface area contributed by atoms with Crippen LogP contribution in [0.15, 0.2) is 36.5 Å². The molecule has 3 rings (SSSR count). The molecule has 2 heterocycles. The van der Waals surface area contributed by atoms with Crippen molar-refractivity contribution >= 4 is 28.7 Å². The number of carbonyl (C=O) groups is 1. The number of benzene rings is 1. The van der Waals surface area contributed by atoms with E-state index in [1.54, 1.807) is 12.3 Å².